The first-order valence-corrected chi connectivity index (χ1v) is 9.84. The van der Waals surface area contributed by atoms with E-state index >= 15 is 0 Å². The number of hydrogen-bond donors (Lipinski definition) is 1. The molecule has 0 amide bonds. The zero-order valence-electron chi connectivity index (χ0n) is 17.0. The average molecular weight is 401 g/mol. The van der Waals surface area contributed by atoms with Crippen molar-refractivity contribution >= 4 is 16.9 Å². The number of aryl methyl sites for hydroxylation is 1. The predicted octanol–water partition coefficient (Wildman–Crippen LogP) is 5.31. The summed E-state index contributed by atoms with van der Waals surface area (Å²) in [6.45, 7) is 2.24. The summed E-state index contributed by atoms with van der Waals surface area (Å²) in [6, 6.07) is 22.6. The fourth-order valence-electron chi connectivity index (χ4n) is 3.64. The van der Waals surface area contributed by atoms with Crippen molar-refractivity contribution in [3.8, 4) is 22.6 Å². The first-order valence-electron chi connectivity index (χ1n) is 9.84. The molecular formula is C25H23NO4. The molecule has 0 bridgehead atoms. The molecule has 152 valence electrons. The molecule has 1 heterocycles. The summed E-state index contributed by atoms with van der Waals surface area (Å²) >= 11 is 0. The Balaban J connectivity index is 1.85. The SMILES string of the molecule is CCOC(=O)c1c(COc2ccccc2)n(C)c2cc(-c3ccccc3)c(O)cc12. The number of aromatic nitrogens is 1. The van der Waals surface area contributed by atoms with Gasteiger partial charge in [0.15, 0.2) is 0 Å². The molecule has 3 aromatic carbocycles. The number of ether oxygens (including phenoxy) is 2. The summed E-state index contributed by atoms with van der Waals surface area (Å²) in [5.41, 5.74) is 3.53. The van der Waals surface area contributed by atoms with E-state index in [2.05, 4.69) is 0 Å². The number of phenolic OH excluding ortho intramolecular Hbond substituents is 1. The van der Waals surface area contributed by atoms with Crippen LogP contribution >= 0.6 is 0 Å². The number of benzene rings is 3. The van der Waals surface area contributed by atoms with Crippen LogP contribution in [0.3, 0.4) is 0 Å². The smallest absolute Gasteiger partial charge is 0.340 e. The van der Waals surface area contributed by atoms with E-state index in [0.29, 0.717) is 28.0 Å². The number of carbonyl (C=O) groups is 1. The lowest BCUT2D eigenvalue weighted by Gasteiger charge is -2.10. The van der Waals surface area contributed by atoms with Crippen LogP contribution in [0.25, 0.3) is 22.0 Å². The molecule has 0 atom stereocenters. The van der Waals surface area contributed by atoms with Crippen molar-refractivity contribution in [3.05, 3.63) is 84.1 Å². The quantitative estimate of drug-likeness (QED) is 0.445. The fraction of sp³-hybridized carbons (Fsp3) is 0.160. The Morgan fingerprint density at radius 2 is 1.67 bits per heavy atom. The zero-order chi connectivity index (χ0) is 21.1. The van der Waals surface area contributed by atoms with Crippen molar-refractivity contribution in [2.24, 2.45) is 7.05 Å². The van der Waals surface area contributed by atoms with Gasteiger partial charge in [-0.15, -0.1) is 0 Å². The van der Waals surface area contributed by atoms with E-state index in [1.165, 1.54) is 0 Å². The number of hydrogen-bond acceptors (Lipinski definition) is 4. The number of para-hydroxylation sites is 1. The van der Waals surface area contributed by atoms with Crippen LogP contribution < -0.4 is 4.74 Å². The largest absolute Gasteiger partial charge is 0.507 e. The van der Waals surface area contributed by atoms with Gasteiger partial charge in [0.05, 0.1) is 17.9 Å². The van der Waals surface area contributed by atoms with Crippen molar-refractivity contribution < 1.29 is 19.4 Å². The first-order chi connectivity index (χ1) is 14.6. The fourth-order valence-corrected chi connectivity index (χ4v) is 3.64. The summed E-state index contributed by atoms with van der Waals surface area (Å²) in [5, 5.41) is 11.4. The van der Waals surface area contributed by atoms with E-state index in [1.54, 1.807) is 13.0 Å². The summed E-state index contributed by atoms with van der Waals surface area (Å²) in [5.74, 6) is 0.396. The standard InChI is InChI=1S/C25H23NO4/c1-3-29-25(28)24-20-15-23(27)19(17-10-6-4-7-11-17)14-21(20)26(2)22(24)16-30-18-12-8-5-9-13-18/h4-15,27H,3,16H2,1-2H3. The second-order valence-corrected chi connectivity index (χ2v) is 6.96. The summed E-state index contributed by atoms with van der Waals surface area (Å²) < 4.78 is 13.2. The third-order valence-electron chi connectivity index (χ3n) is 5.12. The second-order valence-electron chi connectivity index (χ2n) is 6.96. The molecule has 1 N–H and O–H groups in total. The van der Waals surface area contributed by atoms with Gasteiger partial charge in [-0.25, -0.2) is 4.79 Å². The maximum Gasteiger partial charge on any atom is 0.340 e. The van der Waals surface area contributed by atoms with Crippen molar-refractivity contribution in [1.82, 2.24) is 4.57 Å². The summed E-state index contributed by atoms with van der Waals surface area (Å²) in [7, 11) is 1.89. The number of phenols is 1. The molecular weight excluding hydrogens is 378 g/mol. The molecule has 4 aromatic rings. The molecule has 0 saturated heterocycles. The highest BCUT2D eigenvalue weighted by molar-refractivity contribution is 6.07. The number of aromatic hydroxyl groups is 1. The van der Waals surface area contributed by atoms with Crippen LogP contribution in [-0.2, 0) is 18.4 Å². The molecule has 5 nitrogen and oxygen atoms in total. The number of nitrogens with zero attached hydrogens (tertiary/aromatic N) is 1. The van der Waals surface area contributed by atoms with Crippen LogP contribution in [0.1, 0.15) is 23.0 Å². The minimum absolute atomic E-state index is 0.111. The number of carbonyl (C=O) groups excluding carboxylic acids is 1. The predicted molar refractivity (Wildman–Crippen MR) is 117 cm³/mol. The van der Waals surface area contributed by atoms with Gasteiger partial charge in [-0.2, -0.15) is 0 Å². The van der Waals surface area contributed by atoms with Gasteiger partial charge in [0.25, 0.3) is 0 Å². The van der Waals surface area contributed by atoms with Crippen molar-refractivity contribution in [2.45, 2.75) is 13.5 Å². The average Bonchev–Trinajstić information content (AvgIpc) is 3.04. The molecule has 0 spiro atoms. The van der Waals surface area contributed by atoms with E-state index in [4.69, 9.17) is 9.47 Å². The number of esters is 1. The lowest BCUT2D eigenvalue weighted by molar-refractivity contribution is 0.0525. The molecule has 5 heteroatoms. The van der Waals surface area contributed by atoms with Crippen molar-refractivity contribution in [1.29, 1.82) is 0 Å². The molecule has 4 rings (SSSR count). The molecule has 30 heavy (non-hydrogen) atoms. The van der Waals surface area contributed by atoms with Gasteiger partial charge in [-0.1, -0.05) is 48.5 Å². The first kappa shape index (κ1) is 19.6. The van der Waals surface area contributed by atoms with Gasteiger partial charge in [0, 0.05) is 23.5 Å². The second kappa shape index (κ2) is 8.33. The lowest BCUT2D eigenvalue weighted by Crippen LogP contribution is -2.11. The normalized spacial score (nSPS) is 10.9. The molecule has 0 aliphatic heterocycles. The van der Waals surface area contributed by atoms with E-state index in [0.717, 1.165) is 11.1 Å². The molecule has 0 aliphatic carbocycles. The lowest BCUT2D eigenvalue weighted by atomic mass is 10.0. The maximum atomic E-state index is 12.8. The van der Waals surface area contributed by atoms with Crippen LogP contribution in [0.2, 0.25) is 0 Å². The van der Waals surface area contributed by atoms with Gasteiger partial charge in [0.1, 0.15) is 18.1 Å². The van der Waals surface area contributed by atoms with Crippen molar-refractivity contribution in [3.63, 3.8) is 0 Å². The zero-order valence-corrected chi connectivity index (χ0v) is 17.0. The Morgan fingerprint density at radius 3 is 2.33 bits per heavy atom. The van der Waals surface area contributed by atoms with Gasteiger partial charge in [0.2, 0.25) is 0 Å². The van der Waals surface area contributed by atoms with Crippen LogP contribution in [0.15, 0.2) is 72.8 Å². The van der Waals surface area contributed by atoms with E-state index < -0.39 is 5.97 Å². The van der Waals surface area contributed by atoms with Gasteiger partial charge in [-0.05, 0) is 36.8 Å². The monoisotopic (exact) mass is 401 g/mol. The highest BCUT2D eigenvalue weighted by Gasteiger charge is 2.24. The van der Waals surface area contributed by atoms with Crippen LogP contribution in [0.4, 0.5) is 0 Å². The van der Waals surface area contributed by atoms with Gasteiger partial charge >= 0.3 is 5.97 Å². The third kappa shape index (κ3) is 3.62. The topological polar surface area (TPSA) is 60.7 Å². The highest BCUT2D eigenvalue weighted by atomic mass is 16.5. The third-order valence-corrected chi connectivity index (χ3v) is 5.12. The van der Waals surface area contributed by atoms with Crippen molar-refractivity contribution in [2.75, 3.05) is 6.61 Å². The van der Waals surface area contributed by atoms with E-state index in [-0.39, 0.29) is 19.0 Å². The number of rotatable bonds is 6. The molecule has 1 aromatic heterocycles. The van der Waals surface area contributed by atoms with E-state index in [9.17, 15) is 9.90 Å². The number of fused-ring (bicyclic) bond motifs is 1. The minimum atomic E-state index is -0.429. The Hall–Kier alpha value is -3.73. The van der Waals surface area contributed by atoms with Crippen LogP contribution in [0.5, 0.6) is 11.5 Å². The molecule has 0 radical (unpaired) electrons. The molecule has 0 saturated carbocycles. The Morgan fingerprint density at radius 1 is 1.00 bits per heavy atom. The van der Waals surface area contributed by atoms with Crippen LogP contribution in [0, 0.1) is 0 Å². The minimum Gasteiger partial charge on any atom is -0.507 e. The maximum absolute atomic E-state index is 12.8. The molecule has 0 unspecified atom stereocenters. The Kier molecular flexibility index (Phi) is 5.44. The summed E-state index contributed by atoms with van der Waals surface area (Å²) in [4.78, 5) is 12.8. The van der Waals surface area contributed by atoms with Gasteiger partial charge in [-0.3, -0.25) is 0 Å². The summed E-state index contributed by atoms with van der Waals surface area (Å²) in [6.07, 6.45) is 0. The Labute approximate surface area is 175 Å². The molecule has 0 fully saturated rings. The molecule has 0 aliphatic rings. The van der Waals surface area contributed by atoms with Gasteiger partial charge < -0.3 is 19.1 Å². The van der Waals surface area contributed by atoms with Crippen LogP contribution in [-0.4, -0.2) is 22.2 Å². The Bertz CT molecular complexity index is 1180. The highest BCUT2D eigenvalue weighted by Crippen LogP contribution is 2.37. The van der Waals surface area contributed by atoms with E-state index in [1.807, 2.05) is 78.3 Å².